The summed E-state index contributed by atoms with van der Waals surface area (Å²) in [6.07, 6.45) is -0.192. The van der Waals surface area contributed by atoms with Gasteiger partial charge in [0, 0.05) is 12.7 Å². The van der Waals surface area contributed by atoms with Crippen LogP contribution < -0.4 is 5.32 Å². The molecule has 0 unspecified atom stereocenters. The van der Waals surface area contributed by atoms with Crippen molar-refractivity contribution in [1.29, 1.82) is 0 Å². The van der Waals surface area contributed by atoms with Gasteiger partial charge in [-0.25, -0.2) is 0 Å². The highest BCUT2D eigenvalue weighted by Crippen LogP contribution is 2.24. The fraction of sp³-hybridized carbons (Fsp3) is 0.250. The second-order valence-corrected chi connectivity index (χ2v) is 6.40. The molecule has 0 spiro atoms. The van der Waals surface area contributed by atoms with Crippen molar-refractivity contribution in [3.05, 3.63) is 65.0 Å². The van der Waals surface area contributed by atoms with Crippen molar-refractivity contribution in [2.24, 2.45) is 7.05 Å². The third-order valence-electron chi connectivity index (χ3n) is 4.60. The minimum Gasteiger partial charge on any atom is -0.481 e. The number of hydrogen-bond donors (Lipinski definition) is 2. The molecule has 1 heterocycles. The van der Waals surface area contributed by atoms with E-state index < -0.39 is 12.0 Å². The number of nitrogens with zero attached hydrogens (tertiary/aromatic N) is 2. The number of aliphatic carboxylic acids is 1. The number of amides is 1. The fourth-order valence-electron chi connectivity index (χ4n) is 3.18. The van der Waals surface area contributed by atoms with Crippen LogP contribution in [0.15, 0.2) is 42.5 Å². The lowest BCUT2D eigenvalue weighted by Crippen LogP contribution is -2.31. The van der Waals surface area contributed by atoms with Gasteiger partial charge in [-0.05, 0) is 36.2 Å². The van der Waals surface area contributed by atoms with Crippen molar-refractivity contribution in [3.8, 4) is 0 Å². The zero-order valence-corrected chi connectivity index (χ0v) is 15.0. The van der Waals surface area contributed by atoms with Crippen LogP contribution in [0.3, 0.4) is 0 Å². The largest absolute Gasteiger partial charge is 0.481 e. The van der Waals surface area contributed by atoms with Crippen LogP contribution in [-0.4, -0.2) is 26.8 Å². The predicted molar refractivity (Wildman–Crippen MR) is 99.1 cm³/mol. The minimum atomic E-state index is -0.969. The van der Waals surface area contributed by atoms with Gasteiger partial charge in [-0.15, -0.1) is 0 Å². The number of aryl methyl sites for hydroxylation is 2. The molecule has 2 N–H and O–H groups in total. The highest BCUT2D eigenvalue weighted by atomic mass is 16.4. The lowest BCUT2D eigenvalue weighted by Gasteiger charge is -2.18. The molecule has 6 heteroatoms. The number of benzene rings is 2. The summed E-state index contributed by atoms with van der Waals surface area (Å²) in [4.78, 5) is 24.1. The van der Waals surface area contributed by atoms with E-state index in [1.165, 1.54) is 0 Å². The molecule has 1 aromatic heterocycles. The van der Waals surface area contributed by atoms with E-state index in [0.29, 0.717) is 11.3 Å². The zero-order valence-electron chi connectivity index (χ0n) is 15.0. The van der Waals surface area contributed by atoms with Crippen LogP contribution in [0.25, 0.3) is 10.8 Å². The van der Waals surface area contributed by atoms with Gasteiger partial charge >= 0.3 is 5.97 Å². The van der Waals surface area contributed by atoms with Crippen LogP contribution in [0.1, 0.15) is 39.8 Å². The summed E-state index contributed by atoms with van der Waals surface area (Å²) in [5.41, 5.74) is 2.62. The van der Waals surface area contributed by atoms with Gasteiger partial charge in [0.05, 0.1) is 23.7 Å². The number of carboxylic acid groups (broad SMARTS) is 1. The van der Waals surface area contributed by atoms with E-state index in [9.17, 15) is 14.7 Å². The van der Waals surface area contributed by atoms with E-state index in [4.69, 9.17) is 0 Å². The topological polar surface area (TPSA) is 84.2 Å². The van der Waals surface area contributed by atoms with E-state index in [0.717, 1.165) is 22.0 Å². The number of rotatable bonds is 5. The Morgan fingerprint density at radius 2 is 1.85 bits per heavy atom. The summed E-state index contributed by atoms with van der Waals surface area (Å²) >= 11 is 0. The van der Waals surface area contributed by atoms with E-state index in [-0.39, 0.29) is 12.3 Å². The molecule has 26 heavy (non-hydrogen) atoms. The van der Waals surface area contributed by atoms with Crippen molar-refractivity contribution in [3.63, 3.8) is 0 Å². The molecule has 0 aliphatic heterocycles. The van der Waals surface area contributed by atoms with Gasteiger partial charge in [-0.2, -0.15) is 5.10 Å². The maximum atomic E-state index is 12.8. The Bertz CT molecular complexity index is 991. The maximum Gasteiger partial charge on any atom is 0.305 e. The number of carbonyl (C=O) groups is 2. The Morgan fingerprint density at radius 3 is 2.46 bits per heavy atom. The quantitative estimate of drug-likeness (QED) is 0.740. The van der Waals surface area contributed by atoms with Gasteiger partial charge in [0.2, 0.25) is 0 Å². The Kier molecular flexibility index (Phi) is 4.75. The highest BCUT2D eigenvalue weighted by molar-refractivity contribution is 5.97. The zero-order chi connectivity index (χ0) is 18.8. The Morgan fingerprint density at radius 1 is 1.15 bits per heavy atom. The first-order valence-corrected chi connectivity index (χ1v) is 8.38. The summed E-state index contributed by atoms with van der Waals surface area (Å²) in [6.45, 7) is 3.58. The first kappa shape index (κ1) is 17.7. The molecule has 134 valence electrons. The van der Waals surface area contributed by atoms with Gasteiger partial charge < -0.3 is 10.4 Å². The van der Waals surface area contributed by atoms with Gasteiger partial charge in [-0.3, -0.25) is 14.3 Å². The van der Waals surface area contributed by atoms with E-state index in [1.807, 2.05) is 49.4 Å². The Hall–Kier alpha value is -3.15. The highest BCUT2D eigenvalue weighted by Gasteiger charge is 2.23. The molecule has 0 aliphatic carbocycles. The number of nitrogens with one attached hydrogen (secondary N) is 1. The van der Waals surface area contributed by atoms with Crippen LogP contribution in [0, 0.1) is 13.8 Å². The fourth-order valence-corrected chi connectivity index (χ4v) is 3.18. The lowest BCUT2D eigenvalue weighted by atomic mass is 9.99. The van der Waals surface area contributed by atoms with Crippen LogP contribution in [0.5, 0.6) is 0 Å². The van der Waals surface area contributed by atoms with Gasteiger partial charge in [-0.1, -0.05) is 36.4 Å². The average Bonchev–Trinajstić information content (AvgIpc) is 2.85. The second-order valence-electron chi connectivity index (χ2n) is 6.40. The first-order chi connectivity index (χ1) is 12.4. The third kappa shape index (κ3) is 3.44. The summed E-state index contributed by atoms with van der Waals surface area (Å²) < 4.78 is 1.65. The van der Waals surface area contributed by atoms with Crippen molar-refractivity contribution >= 4 is 22.6 Å². The molecule has 0 radical (unpaired) electrons. The molecule has 6 nitrogen and oxygen atoms in total. The van der Waals surface area contributed by atoms with Crippen molar-refractivity contribution in [2.75, 3.05) is 0 Å². The van der Waals surface area contributed by atoms with Gasteiger partial charge in [0.25, 0.3) is 5.91 Å². The van der Waals surface area contributed by atoms with Crippen molar-refractivity contribution < 1.29 is 14.7 Å². The molecule has 0 bridgehead atoms. The van der Waals surface area contributed by atoms with Crippen LogP contribution in [-0.2, 0) is 11.8 Å². The lowest BCUT2D eigenvalue weighted by molar-refractivity contribution is -0.137. The molecule has 0 aliphatic rings. The summed E-state index contributed by atoms with van der Waals surface area (Å²) in [6, 6.07) is 12.9. The van der Waals surface area contributed by atoms with Gasteiger partial charge in [0.1, 0.15) is 0 Å². The van der Waals surface area contributed by atoms with Crippen LogP contribution >= 0.6 is 0 Å². The van der Waals surface area contributed by atoms with Crippen LogP contribution in [0.2, 0.25) is 0 Å². The number of carboxylic acids is 1. The number of carbonyl (C=O) groups excluding carboxylic acids is 1. The normalized spacial score (nSPS) is 12.1. The molecular formula is C20H21N3O3. The monoisotopic (exact) mass is 351 g/mol. The smallest absolute Gasteiger partial charge is 0.305 e. The molecule has 1 atom stereocenters. The Labute approximate surface area is 151 Å². The molecule has 1 amide bonds. The summed E-state index contributed by atoms with van der Waals surface area (Å²) in [5.74, 6) is -1.28. The molecule has 3 aromatic rings. The molecule has 0 saturated carbocycles. The van der Waals surface area contributed by atoms with Crippen molar-refractivity contribution in [1.82, 2.24) is 15.1 Å². The number of hydrogen-bond acceptors (Lipinski definition) is 3. The molecule has 2 aromatic carbocycles. The van der Waals surface area contributed by atoms with Crippen LogP contribution in [0.4, 0.5) is 0 Å². The third-order valence-corrected chi connectivity index (χ3v) is 4.60. The summed E-state index contributed by atoms with van der Waals surface area (Å²) in [7, 11) is 1.77. The molecule has 0 fully saturated rings. The Balaban J connectivity index is 1.94. The molecule has 3 rings (SSSR count). The van der Waals surface area contributed by atoms with E-state index in [2.05, 4.69) is 10.4 Å². The number of aromatic nitrogens is 2. The SMILES string of the molecule is Cc1nn(C)c(C)c1C(=O)N[C@@H](CC(=O)O)c1ccc2ccccc2c1. The standard InChI is InChI=1S/C20H21N3O3/c1-12-19(13(2)23(3)22-12)20(26)21-17(11-18(24)25)16-9-8-14-6-4-5-7-15(14)10-16/h4-10,17H,11H2,1-3H3,(H,21,26)(H,24,25)/t17-/m0/s1. The maximum absolute atomic E-state index is 12.8. The average molecular weight is 351 g/mol. The molecular weight excluding hydrogens is 330 g/mol. The molecule has 0 saturated heterocycles. The first-order valence-electron chi connectivity index (χ1n) is 8.38. The predicted octanol–water partition coefficient (Wildman–Crippen LogP) is 3.14. The van der Waals surface area contributed by atoms with Gasteiger partial charge in [0.15, 0.2) is 0 Å². The minimum absolute atomic E-state index is 0.192. The van der Waals surface area contributed by atoms with E-state index in [1.54, 1.807) is 18.7 Å². The number of fused-ring (bicyclic) bond motifs is 1. The van der Waals surface area contributed by atoms with E-state index >= 15 is 0 Å². The van der Waals surface area contributed by atoms with Crippen molar-refractivity contribution in [2.45, 2.75) is 26.3 Å². The summed E-state index contributed by atoms with van der Waals surface area (Å²) in [5, 5.41) is 18.5. The second kappa shape index (κ2) is 7.00.